The van der Waals surface area contributed by atoms with Gasteiger partial charge < -0.3 is 20.1 Å². The van der Waals surface area contributed by atoms with Gasteiger partial charge in [-0.1, -0.05) is 54.3 Å². The van der Waals surface area contributed by atoms with E-state index in [4.69, 9.17) is 22.3 Å². The smallest absolute Gasteiger partial charge is 0.343 e. The molecule has 9 nitrogen and oxygen atoms in total. The predicted octanol–water partition coefficient (Wildman–Crippen LogP) is 10.3. The molecule has 0 saturated carbocycles. The lowest BCUT2D eigenvalue weighted by molar-refractivity contribution is 0.0726. The molecular weight excluding hydrogens is 789 g/mol. The number of terminal acetylenes is 2. The van der Waals surface area contributed by atoms with E-state index in [1.165, 1.54) is 12.1 Å². The first-order valence-electron chi connectivity index (χ1n) is 19.6. The van der Waals surface area contributed by atoms with Crippen molar-refractivity contribution in [3.05, 3.63) is 214 Å². The van der Waals surface area contributed by atoms with Crippen molar-refractivity contribution in [1.29, 1.82) is 0 Å². The largest absolute Gasteiger partial charge is 0.423 e. The molecule has 2 amide bonds. The molecule has 0 saturated heterocycles. The Morgan fingerprint density at radius 3 is 1.46 bits per heavy atom. The first-order chi connectivity index (χ1) is 30.6. The van der Waals surface area contributed by atoms with Crippen molar-refractivity contribution in [2.24, 2.45) is 0 Å². The number of ketones is 1. The van der Waals surface area contributed by atoms with E-state index < -0.39 is 11.9 Å². The van der Waals surface area contributed by atoms with Gasteiger partial charge in [0.1, 0.15) is 11.5 Å². The summed E-state index contributed by atoms with van der Waals surface area (Å²) in [5.41, 5.74) is 5.13. The molecule has 2 N–H and O–H groups in total. The molecule has 0 aromatic heterocycles. The van der Waals surface area contributed by atoms with E-state index in [0.717, 1.165) is 21.7 Å². The molecule has 0 heterocycles. The number of fused-ring (bicyclic) bond motifs is 2. The number of rotatable bonds is 11. The lowest BCUT2D eigenvalue weighted by atomic mass is 9.98. The molecule has 0 aliphatic carbocycles. The summed E-state index contributed by atoms with van der Waals surface area (Å²) in [7, 11) is 0. The zero-order valence-corrected chi connectivity index (χ0v) is 33.4. The van der Waals surface area contributed by atoms with Gasteiger partial charge in [-0.2, -0.15) is 0 Å². The number of hydrogen-bond donors (Lipinski definition) is 2. The molecule has 63 heavy (non-hydrogen) atoms. The lowest BCUT2D eigenvalue weighted by Crippen LogP contribution is -2.12. The van der Waals surface area contributed by atoms with Crippen LogP contribution in [-0.4, -0.2) is 29.5 Å². The number of carbonyl (C=O) groups excluding carboxylic acids is 5. The van der Waals surface area contributed by atoms with Gasteiger partial charge in [-0.05, 0) is 155 Å². The van der Waals surface area contributed by atoms with Gasteiger partial charge >= 0.3 is 11.9 Å². The third-order valence-electron chi connectivity index (χ3n) is 10.2. The van der Waals surface area contributed by atoms with Crippen molar-refractivity contribution in [3.8, 4) is 36.2 Å². The van der Waals surface area contributed by atoms with Crippen molar-refractivity contribution in [3.63, 3.8) is 0 Å². The number of esters is 2. The zero-order valence-electron chi connectivity index (χ0n) is 33.4. The highest BCUT2D eigenvalue weighted by molar-refractivity contribution is 6.08. The van der Waals surface area contributed by atoms with Crippen LogP contribution in [0.1, 0.15) is 68.5 Å². The molecule has 0 bridgehead atoms. The van der Waals surface area contributed by atoms with E-state index in [-0.39, 0.29) is 46.6 Å². The Balaban J connectivity index is 0.875. The van der Waals surface area contributed by atoms with Gasteiger partial charge in [-0.3, -0.25) is 14.4 Å². The Morgan fingerprint density at radius 1 is 0.429 bits per heavy atom. The normalized spacial score (nSPS) is 10.6. The number of nitrogens with one attached hydrogen (secondary N) is 2. The van der Waals surface area contributed by atoms with Crippen LogP contribution in [0.5, 0.6) is 11.5 Å². The average molecular weight is 823 g/mol. The fourth-order valence-electron chi connectivity index (χ4n) is 6.78. The molecule has 0 fully saturated rings. The first kappa shape index (κ1) is 40.7. The topological polar surface area (TPSA) is 128 Å². The Labute approximate surface area is 362 Å². The molecule has 0 aliphatic rings. The highest BCUT2D eigenvalue weighted by Gasteiger charge is 2.16. The minimum atomic E-state index is -0.621. The Kier molecular flexibility index (Phi) is 11.7. The van der Waals surface area contributed by atoms with Gasteiger partial charge in [0.05, 0.1) is 11.1 Å². The van der Waals surface area contributed by atoms with Gasteiger partial charge in [-0.15, -0.1) is 12.8 Å². The number of benzene rings is 8. The maximum atomic E-state index is 13.4. The maximum Gasteiger partial charge on any atom is 0.343 e. The van der Waals surface area contributed by atoms with Crippen molar-refractivity contribution in [2.75, 3.05) is 10.6 Å². The van der Waals surface area contributed by atoms with Crippen LogP contribution in [0.2, 0.25) is 0 Å². The Hall–Kier alpha value is -9.05. The van der Waals surface area contributed by atoms with Crippen LogP contribution < -0.4 is 20.1 Å². The van der Waals surface area contributed by atoms with E-state index >= 15 is 0 Å². The average Bonchev–Trinajstić information content (AvgIpc) is 3.31. The first-order valence-corrected chi connectivity index (χ1v) is 19.6. The molecule has 0 radical (unpaired) electrons. The zero-order chi connectivity index (χ0) is 43.9. The van der Waals surface area contributed by atoms with E-state index in [1.807, 2.05) is 0 Å². The van der Waals surface area contributed by atoms with Crippen molar-refractivity contribution >= 4 is 62.5 Å². The van der Waals surface area contributed by atoms with Gasteiger partial charge in [0.25, 0.3) is 11.8 Å². The number of carbonyl (C=O) groups is 5. The number of anilines is 2. The fourth-order valence-corrected chi connectivity index (χ4v) is 6.78. The van der Waals surface area contributed by atoms with E-state index in [2.05, 4.69) is 22.5 Å². The van der Waals surface area contributed by atoms with Crippen LogP contribution in [0, 0.1) is 24.7 Å². The molecule has 0 unspecified atom stereocenters. The highest BCUT2D eigenvalue weighted by atomic mass is 16.5. The molecule has 0 spiro atoms. The van der Waals surface area contributed by atoms with Crippen LogP contribution in [0.15, 0.2) is 170 Å². The van der Waals surface area contributed by atoms with Crippen molar-refractivity contribution < 1.29 is 33.4 Å². The van der Waals surface area contributed by atoms with Gasteiger partial charge in [-0.25, -0.2) is 9.59 Å². The predicted molar refractivity (Wildman–Crippen MR) is 243 cm³/mol. The summed E-state index contributed by atoms with van der Waals surface area (Å²) in [6.45, 7) is 0. The minimum absolute atomic E-state index is 0.0628. The number of ether oxygens (including phenoxy) is 2. The summed E-state index contributed by atoms with van der Waals surface area (Å²) < 4.78 is 11.3. The summed E-state index contributed by atoms with van der Waals surface area (Å²) in [4.78, 5) is 65.5. The molecule has 0 atom stereocenters. The minimum Gasteiger partial charge on any atom is -0.423 e. The van der Waals surface area contributed by atoms with Crippen molar-refractivity contribution in [2.45, 2.75) is 6.42 Å². The Morgan fingerprint density at radius 2 is 0.889 bits per heavy atom. The van der Waals surface area contributed by atoms with E-state index in [0.29, 0.717) is 44.6 Å². The molecule has 8 rings (SSSR count). The summed E-state index contributed by atoms with van der Waals surface area (Å²) in [5, 5.41) is 8.67. The quantitative estimate of drug-likeness (QED) is 0.0575. The van der Waals surface area contributed by atoms with Gasteiger partial charge in [0.2, 0.25) is 0 Å². The fraction of sp³-hybridized carbons (Fsp3) is 0.0185. The summed E-state index contributed by atoms with van der Waals surface area (Å²) in [6, 6.07) is 47.4. The van der Waals surface area contributed by atoms with Crippen LogP contribution in [-0.2, 0) is 6.42 Å². The van der Waals surface area contributed by atoms with E-state index in [9.17, 15) is 24.0 Å². The van der Waals surface area contributed by atoms with Crippen LogP contribution in [0.4, 0.5) is 11.4 Å². The van der Waals surface area contributed by atoms with E-state index in [1.54, 1.807) is 158 Å². The number of hydrogen-bond acceptors (Lipinski definition) is 7. The lowest BCUT2D eigenvalue weighted by Gasteiger charge is -2.09. The number of Topliss-reactive ketones (excluding diaryl/α,β-unsaturated/α-hetero) is 1. The second-order valence-corrected chi connectivity index (χ2v) is 14.5. The van der Waals surface area contributed by atoms with Gasteiger partial charge in [0.15, 0.2) is 5.78 Å². The Bertz CT molecular complexity index is 3190. The SMILES string of the molecule is C#Cc1ccc(NC(=O)c2ccc(OC(=O)c3ccc4ccc(C(=O)Oc5cccc(CC(=O)c6ccc7cc(C(=O)Nc8ccc(C#C)cc8)ccc7c6)c5)cc4c3)cc2)cc1. The molecule has 8 aromatic carbocycles. The summed E-state index contributed by atoms with van der Waals surface area (Å²) >= 11 is 0. The molecule has 302 valence electrons. The van der Waals surface area contributed by atoms with Crippen LogP contribution >= 0.6 is 0 Å². The molecule has 9 heteroatoms. The van der Waals surface area contributed by atoms with Crippen molar-refractivity contribution in [1.82, 2.24) is 0 Å². The number of amides is 2. The van der Waals surface area contributed by atoms with Crippen LogP contribution in [0.25, 0.3) is 21.5 Å². The molecule has 8 aromatic rings. The second-order valence-electron chi connectivity index (χ2n) is 14.5. The highest BCUT2D eigenvalue weighted by Crippen LogP contribution is 2.25. The third-order valence-corrected chi connectivity index (χ3v) is 10.2. The van der Waals surface area contributed by atoms with Gasteiger partial charge in [0, 0.05) is 45.6 Å². The molecule has 0 aliphatic heterocycles. The summed E-state index contributed by atoms with van der Waals surface area (Å²) in [6.07, 6.45) is 10.9. The summed E-state index contributed by atoms with van der Waals surface area (Å²) in [5.74, 6) is 3.60. The monoisotopic (exact) mass is 822 g/mol. The second kappa shape index (κ2) is 18.1. The third kappa shape index (κ3) is 9.71. The standard InChI is InChI=1S/C54H34N2O7/c1-3-34-8-22-46(23-9-34)55-51(58)38-20-26-48(27-21-38)62-53(60)43-18-12-37-13-19-44(33-45(37)32-43)54(61)63-49-7-5-6-36(28-49)29-50(57)41-16-14-40-31-42(17-15-39(40)30-41)52(59)56-47-24-10-35(4-2)11-25-47/h1-2,5-28,30-33H,29H2,(H,55,58)(H,56,59). The van der Waals surface area contributed by atoms with Crippen LogP contribution in [0.3, 0.4) is 0 Å². The molecular formula is C54H34N2O7. The maximum absolute atomic E-state index is 13.4.